The molecule has 5 rings (SSSR count). The van der Waals surface area contributed by atoms with Gasteiger partial charge in [-0.05, 0) is 41.2 Å². The van der Waals surface area contributed by atoms with Gasteiger partial charge in [0.25, 0.3) is 0 Å². The van der Waals surface area contributed by atoms with Crippen LogP contribution in [0.15, 0.2) is 78.9 Å². The maximum Gasteiger partial charge on any atom is 0.134 e. The first-order chi connectivity index (χ1) is 15.5. The fourth-order valence-electron chi connectivity index (χ4n) is 5.04. The predicted octanol–water partition coefficient (Wildman–Crippen LogP) is 6.47. The highest BCUT2D eigenvalue weighted by Crippen LogP contribution is 2.56. The summed E-state index contributed by atoms with van der Waals surface area (Å²) in [6, 6.07) is 26.4. The molecule has 0 amide bonds. The first-order valence-corrected chi connectivity index (χ1v) is 12.3. The Morgan fingerprint density at radius 1 is 1.00 bits per heavy atom. The minimum absolute atomic E-state index is 0.00192. The summed E-state index contributed by atoms with van der Waals surface area (Å²) in [4.78, 5) is 0. The molecule has 1 N–H and O–H groups in total. The van der Waals surface area contributed by atoms with Gasteiger partial charge in [0.05, 0.1) is 6.10 Å². The van der Waals surface area contributed by atoms with Crippen LogP contribution in [0.25, 0.3) is 0 Å². The monoisotopic (exact) mass is 446 g/mol. The summed E-state index contributed by atoms with van der Waals surface area (Å²) >= 11 is 1.76. The van der Waals surface area contributed by atoms with E-state index < -0.39 is 6.10 Å². The standard InChI is InChI=1S/C28H30O3S/c1-28(2)23-17-16-21-22(14-9-15-24(21)30-18-19-10-5-3-6-11-19)26(23)31-27(32-28)25(29)20-12-7-4-8-13-20/h3-15,23,25-27,29H,16-18H2,1-2H3/t23-,25-,26+,27-/m1/s1. The van der Waals surface area contributed by atoms with Crippen LogP contribution in [-0.2, 0) is 17.8 Å². The van der Waals surface area contributed by atoms with E-state index in [0.717, 1.165) is 29.7 Å². The minimum atomic E-state index is -0.663. The van der Waals surface area contributed by atoms with Crippen LogP contribution in [0.5, 0.6) is 5.75 Å². The van der Waals surface area contributed by atoms with Crippen molar-refractivity contribution in [1.82, 2.24) is 0 Å². The molecule has 4 atom stereocenters. The van der Waals surface area contributed by atoms with Crippen LogP contribution in [0.1, 0.15) is 54.7 Å². The van der Waals surface area contributed by atoms with E-state index in [2.05, 4.69) is 44.2 Å². The number of aliphatic hydroxyl groups excluding tert-OH is 1. The third-order valence-electron chi connectivity index (χ3n) is 6.78. The molecule has 1 heterocycles. The summed E-state index contributed by atoms with van der Waals surface area (Å²) in [6.07, 6.45) is 1.33. The second kappa shape index (κ2) is 8.93. The van der Waals surface area contributed by atoms with E-state index in [-0.39, 0.29) is 16.3 Å². The Bertz CT molecular complexity index is 1050. The molecule has 0 bridgehead atoms. The average Bonchev–Trinajstić information content (AvgIpc) is 2.82. The summed E-state index contributed by atoms with van der Waals surface area (Å²) in [6.45, 7) is 5.15. The third kappa shape index (κ3) is 4.19. The second-order valence-corrected chi connectivity index (χ2v) is 11.0. The van der Waals surface area contributed by atoms with E-state index in [0.29, 0.717) is 12.5 Å². The quantitative estimate of drug-likeness (QED) is 0.487. The second-order valence-electron chi connectivity index (χ2n) is 9.25. The Hall–Kier alpha value is -2.27. The van der Waals surface area contributed by atoms with Gasteiger partial charge in [0, 0.05) is 10.7 Å². The number of aliphatic hydroxyl groups is 1. The summed E-state index contributed by atoms with van der Waals surface area (Å²) in [5.41, 5.74) is 4.21. The lowest BCUT2D eigenvalue weighted by atomic mass is 9.75. The number of benzene rings is 3. The number of ether oxygens (including phenoxy) is 2. The van der Waals surface area contributed by atoms with Crippen LogP contribution in [-0.4, -0.2) is 15.3 Å². The van der Waals surface area contributed by atoms with Crippen LogP contribution in [0.2, 0.25) is 0 Å². The largest absolute Gasteiger partial charge is 0.489 e. The molecule has 1 saturated heterocycles. The van der Waals surface area contributed by atoms with Gasteiger partial charge >= 0.3 is 0 Å². The van der Waals surface area contributed by atoms with E-state index in [9.17, 15) is 5.11 Å². The van der Waals surface area contributed by atoms with Gasteiger partial charge in [0.15, 0.2) is 0 Å². The first-order valence-electron chi connectivity index (χ1n) is 11.4. The van der Waals surface area contributed by atoms with Gasteiger partial charge < -0.3 is 14.6 Å². The van der Waals surface area contributed by atoms with Crippen molar-refractivity contribution in [3.05, 3.63) is 101 Å². The molecular formula is C28H30O3S. The molecule has 0 saturated carbocycles. The Kier molecular flexibility index (Phi) is 6.02. The van der Waals surface area contributed by atoms with Gasteiger partial charge in [-0.25, -0.2) is 0 Å². The number of hydrogen-bond donors (Lipinski definition) is 1. The lowest BCUT2D eigenvalue weighted by Crippen LogP contribution is -2.45. The van der Waals surface area contributed by atoms with E-state index >= 15 is 0 Å². The fraction of sp³-hybridized carbons (Fsp3) is 0.357. The SMILES string of the molecule is CC1(C)S[C@H]([C@H](O)c2ccccc2)O[C@H]2c3cccc(OCc4ccccc4)c3CC[C@H]21. The maximum atomic E-state index is 11.1. The lowest BCUT2D eigenvalue weighted by molar-refractivity contribution is -0.0801. The zero-order chi connectivity index (χ0) is 22.1. The predicted molar refractivity (Wildman–Crippen MR) is 130 cm³/mol. The molecule has 0 radical (unpaired) electrons. The molecule has 4 heteroatoms. The van der Waals surface area contributed by atoms with Gasteiger partial charge in [0.2, 0.25) is 0 Å². The van der Waals surface area contributed by atoms with Crippen LogP contribution >= 0.6 is 11.8 Å². The van der Waals surface area contributed by atoms with Crippen molar-refractivity contribution >= 4 is 11.8 Å². The Morgan fingerprint density at radius 2 is 1.72 bits per heavy atom. The molecule has 1 aliphatic heterocycles. The summed E-state index contributed by atoms with van der Waals surface area (Å²) < 4.78 is 12.9. The summed E-state index contributed by atoms with van der Waals surface area (Å²) in [7, 11) is 0. The highest BCUT2D eigenvalue weighted by Gasteiger charge is 2.49. The van der Waals surface area contributed by atoms with Crippen molar-refractivity contribution in [2.75, 3.05) is 0 Å². The molecule has 1 aliphatic carbocycles. The molecule has 0 aromatic heterocycles. The number of fused-ring (bicyclic) bond motifs is 3. The first kappa shape index (κ1) is 21.6. The molecule has 3 aromatic carbocycles. The van der Waals surface area contributed by atoms with Crippen molar-refractivity contribution < 1.29 is 14.6 Å². The lowest BCUT2D eigenvalue weighted by Gasteiger charge is -2.50. The Morgan fingerprint density at radius 3 is 2.47 bits per heavy atom. The van der Waals surface area contributed by atoms with E-state index in [1.807, 2.05) is 48.5 Å². The van der Waals surface area contributed by atoms with Gasteiger partial charge in [0.1, 0.15) is 23.9 Å². The van der Waals surface area contributed by atoms with Crippen LogP contribution in [0.4, 0.5) is 0 Å². The van der Waals surface area contributed by atoms with Crippen molar-refractivity contribution in [1.29, 1.82) is 0 Å². The molecule has 3 nitrogen and oxygen atoms in total. The number of hydrogen-bond acceptors (Lipinski definition) is 4. The normalized spacial score (nSPS) is 24.8. The van der Waals surface area contributed by atoms with Crippen LogP contribution in [0.3, 0.4) is 0 Å². The van der Waals surface area contributed by atoms with Crippen LogP contribution < -0.4 is 4.74 Å². The van der Waals surface area contributed by atoms with E-state index in [1.54, 1.807) is 11.8 Å². The highest BCUT2D eigenvalue weighted by atomic mass is 32.2. The Balaban J connectivity index is 1.42. The molecule has 3 aromatic rings. The van der Waals surface area contributed by atoms with Crippen molar-refractivity contribution in [3.63, 3.8) is 0 Å². The molecule has 166 valence electrons. The molecule has 2 aliphatic rings. The topological polar surface area (TPSA) is 38.7 Å². The molecule has 0 spiro atoms. The van der Waals surface area contributed by atoms with Crippen molar-refractivity contribution in [2.45, 2.75) is 55.7 Å². The molecular weight excluding hydrogens is 416 g/mol. The third-order valence-corrected chi connectivity index (χ3v) is 8.29. The fourth-order valence-corrected chi connectivity index (χ4v) is 6.52. The van der Waals surface area contributed by atoms with Crippen molar-refractivity contribution in [2.24, 2.45) is 5.92 Å². The zero-order valence-corrected chi connectivity index (χ0v) is 19.4. The van der Waals surface area contributed by atoms with Gasteiger partial charge in [-0.1, -0.05) is 86.6 Å². The maximum absolute atomic E-state index is 11.1. The smallest absolute Gasteiger partial charge is 0.134 e. The average molecular weight is 447 g/mol. The Labute approximate surface area is 194 Å². The number of thioether (sulfide) groups is 1. The van der Waals surface area contributed by atoms with Crippen LogP contribution in [0, 0.1) is 5.92 Å². The minimum Gasteiger partial charge on any atom is -0.489 e. The van der Waals surface area contributed by atoms with Crippen molar-refractivity contribution in [3.8, 4) is 5.75 Å². The van der Waals surface area contributed by atoms with Gasteiger partial charge in [-0.3, -0.25) is 0 Å². The summed E-state index contributed by atoms with van der Waals surface area (Å²) in [5, 5.41) is 11.1. The highest BCUT2D eigenvalue weighted by molar-refractivity contribution is 8.01. The van der Waals surface area contributed by atoms with Gasteiger partial charge in [-0.15, -0.1) is 11.8 Å². The molecule has 32 heavy (non-hydrogen) atoms. The molecule has 1 fully saturated rings. The van der Waals surface area contributed by atoms with Gasteiger partial charge in [-0.2, -0.15) is 0 Å². The van der Waals surface area contributed by atoms with E-state index in [4.69, 9.17) is 9.47 Å². The zero-order valence-electron chi connectivity index (χ0n) is 18.6. The summed E-state index contributed by atoms with van der Waals surface area (Å²) in [5.74, 6) is 1.34. The molecule has 0 unspecified atom stereocenters. The van der Waals surface area contributed by atoms with E-state index in [1.165, 1.54) is 11.1 Å². The number of rotatable bonds is 5.